The van der Waals surface area contributed by atoms with Crippen molar-refractivity contribution in [2.75, 3.05) is 6.61 Å². The lowest BCUT2D eigenvalue weighted by molar-refractivity contribution is 0.0525. The number of rotatable bonds is 4. The molecule has 3 aromatic rings. The van der Waals surface area contributed by atoms with Gasteiger partial charge in [-0.2, -0.15) is 0 Å². The fourth-order valence-corrected chi connectivity index (χ4v) is 2.52. The quantitative estimate of drug-likeness (QED) is 0.661. The van der Waals surface area contributed by atoms with Crippen molar-refractivity contribution in [3.8, 4) is 22.5 Å². The number of ether oxygens (including phenoxy) is 1. The molecule has 0 aliphatic rings. The first-order chi connectivity index (χ1) is 12.1. The third kappa shape index (κ3) is 3.71. The van der Waals surface area contributed by atoms with Gasteiger partial charge in [-0.3, -0.25) is 0 Å². The first-order valence-corrected chi connectivity index (χ1v) is 7.94. The second-order valence-corrected chi connectivity index (χ2v) is 5.55. The molecule has 0 amide bonds. The molecule has 2 aromatic carbocycles. The van der Waals surface area contributed by atoms with Gasteiger partial charge in [-0.05, 0) is 42.7 Å². The fraction of sp³-hybridized carbons (Fsp3) is 0.150. The number of benzene rings is 2. The normalized spacial score (nSPS) is 10.5. The molecule has 126 valence electrons. The number of hydrogen-bond donors (Lipinski definition) is 0. The zero-order chi connectivity index (χ0) is 17.8. The summed E-state index contributed by atoms with van der Waals surface area (Å²) in [6.07, 6.45) is 2.93. The van der Waals surface area contributed by atoms with Crippen molar-refractivity contribution in [3.05, 3.63) is 71.8 Å². The van der Waals surface area contributed by atoms with Gasteiger partial charge in [0.2, 0.25) is 0 Å². The Bertz CT molecular complexity index is 891. The summed E-state index contributed by atoms with van der Waals surface area (Å²) < 4.78 is 18.0. The zero-order valence-corrected chi connectivity index (χ0v) is 14.0. The number of aryl methyl sites for hydroxylation is 1. The number of aromatic nitrogens is 2. The largest absolute Gasteiger partial charge is 0.462 e. The van der Waals surface area contributed by atoms with E-state index in [1.54, 1.807) is 19.1 Å². The van der Waals surface area contributed by atoms with Crippen LogP contribution in [-0.2, 0) is 4.74 Å². The highest BCUT2D eigenvalue weighted by Crippen LogP contribution is 2.26. The Hall–Kier alpha value is -3.08. The van der Waals surface area contributed by atoms with Gasteiger partial charge in [0.1, 0.15) is 5.82 Å². The van der Waals surface area contributed by atoms with Gasteiger partial charge < -0.3 is 4.74 Å². The molecule has 0 aliphatic carbocycles. The fourth-order valence-electron chi connectivity index (χ4n) is 2.52. The summed E-state index contributed by atoms with van der Waals surface area (Å²) in [5.41, 5.74) is 4.12. The minimum Gasteiger partial charge on any atom is -0.462 e. The number of carbonyl (C=O) groups excluding carboxylic acids is 1. The second-order valence-electron chi connectivity index (χ2n) is 5.55. The predicted molar refractivity (Wildman–Crippen MR) is 93.6 cm³/mol. The molecule has 0 radical (unpaired) electrons. The highest BCUT2D eigenvalue weighted by Gasteiger charge is 2.11. The molecule has 25 heavy (non-hydrogen) atoms. The molecule has 4 nitrogen and oxygen atoms in total. The van der Waals surface area contributed by atoms with Crippen LogP contribution in [0.3, 0.4) is 0 Å². The van der Waals surface area contributed by atoms with E-state index in [0.29, 0.717) is 18.0 Å². The van der Waals surface area contributed by atoms with Gasteiger partial charge in [0.25, 0.3) is 0 Å². The summed E-state index contributed by atoms with van der Waals surface area (Å²) in [6.45, 7) is 4.02. The van der Waals surface area contributed by atoms with E-state index >= 15 is 0 Å². The van der Waals surface area contributed by atoms with Crippen LogP contribution in [0.4, 0.5) is 4.39 Å². The summed E-state index contributed by atoms with van der Waals surface area (Å²) in [7, 11) is 0. The Morgan fingerprint density at radius 1 is 1.04 bits per heavy atom. The molecular weight excluding hydrogens is 319 g/mol. The second kappa shape index (κ2) is 7.21. The summed E-state index contributed by atoms with van der Waals surface area (Å²) >= 11 is 0. The van der Waals surface area contributed by atoms with Crippen LogP contribution < -0.4 is 0 Å². The molecule has 0 spiro atoms. The van der Waals surface area contributed by atoms with Crippen LogP contribution >= 0.6 is 0 Å². The molecule has 3 rings (SSSR count). The SMILES string of the molecule is CCOC(=O)c1cnc(-c2ccc(-c3ccc(F)cc3)cc2C)nc1. The maximum atomic E-state index is 13.1. The summed E-state index contributed by atoms with van der Waals surface area (Å²) in [5, 5.41) is 0. The molecule has 0 fully saturated rings. The summed E-state index contributed by atoms with van der Waals surface area (Å²) in [6, 6.07) is 12.2. The Labute approximate surface area is 145 Å². The zero-order valence-electron chi connectivity index (χ0n) is 14.0. The Balaban J connectivity index is 1.88. The topological polar surface area (TPSA) is 52.1 Å². The molecule has 0 saturated heterocycles. The average molecular weight is 336 g/mol. The van der Waals surface area contributed by atoms with E-state index in [9.17, 15) is 9.18 Å². The van der Waals surface area contributed by atoms with Crippen LogP contribution in [-0.4, -0.2) is 22.5 Å². The summed E-state index contributed by atoms with van der Waals surface area (Å²) in [5.74, 6) is -0.152. The van der Waals surface area contributed by atoms with Crippen LogP contribution in [0.15, 0.2) is 54.9 Å². The molecule has 1 aromatic heterocycles. The van der Waals surface area contributed by atoms with Gasteiger partial charge in [-0.15, -0.1) is 0 Å². The highest BCUT2D eigenvalue weighted by atomic mass is 19.1. The molecule has 0 atom stereocenters. The molecule has 0 unspecified atom stereocenters. The molecule has 5 heteroatoms. The van der Waals surface area contributed by atoms with E-state index in [0.717, 1.165) is 22.3 Å². The van der Waals surface area contributed by atoms with E-state index in [-0.39, 0.29) is 5.82 Å². The van der Waals surface area contributed by atoms with Gasteiger partial charge in [-0.25, -0.2) is 19.2 Å². The highest BCUT2D eigenvalue weighted by molar-refractivity contribution is 5.88. The smallest absolute Gasteiger partial charge is 0.341 e. The van der Waals surface area contributed by atoms with Gasteiger partial charge in [0.05, 0.1) is 12.2 Å². The first kappa shape index (κ1) is 16.8. The van der Waals surface area contributed by atoms with Crippen LogP contribution in [0.25, 0.3) is 22.5 Å². The lowest BCUT2D eigenvalue weighted by Gasteiger charge is -2.08. The number of esters is 1. The lowest BCUT2D eigenvalue weighted by Crippen LogP contribution is -2.06. The van der Waals surface area contributed by atoms with Crippen LogP contribution in [0.5, 0.6) is 0 Å². The maximum Gasteiger partial charge on any atom is 0.341 e. The molecule has 0 aliphatic heterocycles. The van der Waals surface area contributed by atoms with Crippen molar-refractivity contribution in [3.63, 3.8) is 0 Å². The van der Waals surface area contributed by atoms with E-state index < -0.39 is 5.97 Å². The Morgan fingerprint density at radius 3 is 2.28 bits per heavy atom. The molecule has 0 saturated carbocycles. The monoisotopic (exact) mass is 336 g/mol. The van der Waals surface area contributed by atoms with E-state index in [1.165, 1.54) is 24.5 Å². The van der Waals surface area contributed by atoms with Crippen molar-refractivity contribution in [1.82, 2.24) is 9.97 Å². The van der Waals surface area contributed by atoms with Crippen molar-refractivity contribution in [1.29, 1.82) is 0 Å². The molecule has 1 heterocycles. The third-order valence-electron chi connectivity index (χ3n) is 3.81. The standard InChI is InChI=1S/C20H17FN2O2/c1-3-25-20(24)16-11-22-19(23-12-16)18-9-6-15(10-13(18)2)14-4-7-17(21)8-5-14/h4-12H,3H2,1-2H3. The van der Waals surface area contributed by atoms with Gasteiger partial charge >= 0.3 is 5.97 Å². The third-order valence-corrected chi connectivity index (χ3v) is 3.81. The number of carbonyl (C=O) groups is 1. The van der Waals surface area contributed by atoms with E-state index in [1.807, 2.05) is 25.1 Å². The molecule has 0 N–H and O–H groups in total. The number of nitrogens with zero attached hydrogens (tertiary/aromatic N) is 2. The average Bonchev–Trinajstić information content (AvgIpc) is 2.63. The van der Waals surface area contributed by atoms with E-state index in [2.05, 4.69) is 9.97 Å². The molecule has 0 bridgehead atoms. The van der Waals surface area contributed by atoms with Crippen LogP contribution in [0, 0.1) is 12.7 Å². The minimum absolute atomic E-state index is 0.257. The van der Waals surface area contributed by atoms with E-state index in [4.69, 9.17) is 4.74 Å². The number of halogens is 1. The predicted octanol–water partition coefficient (Wildman–Crippen LogP) is 4.43. The molecular formula is C20H17FN2O2. The van der Waals surface area contributed by atoms with Crippen molar-refractivity contribution >= 4 is 5.97 Å². The van der Waals surface area contributed by atoms with Crippen molar-refractivity contribution in [2.45, 2.75) is 13.8 Å². The minimum atomic E-state index is -0.433. The van der Waals surface area contributed by atoms with Gasteiger partial charge in [0, 0.05) is 18.0 Å². The first-order valence-electron chi connectivity index (χ1n) is 7.94. The van der Waals surface area contributed by atoms with Crippen molar-refractivity contribution in [2.24, 2.45) is 0 Å². The number of hydrogen-bond acceptors (Lipinski definition) is 4. The lowest BCUT2D eigenvalue weighted by atomic mass is 9.99. The Kier molecular flexibility index (Phi) is 4.84. The van der Waals surface area contributed by atoms with Gasteiger partial charge in [0.15, 0.2) is 5.82 Å². The van der Waals surface area contributed by atoms with Crippen molar-refractivity contribution < 1.29 is 13.9 Å². The maximum absolute atomic E-state index is 13.1. The summed E-state index contributed by atoms with van der Waals surface area (Å²) in [4.78, 5) is 20.2. The Morgan fingerprint density at radius 2 is 1.68 bits per heavy atom. The van der Waals surface area contributed by atoms with Gasteiger partial charge in [-0.1, -0.05) is 30.3 Å². The van der Waals surface area contributed by atoms with Crippen LogP contribution in [0.1, 0.15) is 22.8 Å². The van der Waals surface area contributed by atoms with Crippen LogP contribution in [0.2, 0.25) is 0 Å².